The lowest BCUT2D eigenvalue weighted by Gasteiger charge is -2.34. The highest BCUT2D eigenvalue weighted by Crippen LogP contribution is 2.29. The van der Waals surface area contributed by atoms with Crippen molar-refractivity contribution in [2.45, 2.75) is 31.7 Å². The third kappa shape index (κ3) is 10.3. The first-order chi connectivity index (χ1) is 24.1. The predicted molar refractivity (Wildman–Crippen MR) is 187 cm³/mol. The van der Waals surface area contributed by atoms with Crippen LogP contribution < -0.4 is 4.90 Å². The number of H-pyrrole nitrogens is 1. The number of aromatic amines is 1. The summed E-state index contributed by atoms with van der Waals surface area (Å²) >= 11 is 0. The molecule has 1 atom stereocenters. The molecule has 1 aliphatic rings. The SMILES string of the molecule is CN(CCN(C)C(=O)[C@H](Cc1ccccc1)N(Cc1ccc(N2CCOCC2)cc1)C(=O)C=Cc1ccc(C(F)(F)F)cc1)Cc1cnc[nH]1. The Morgan fingerprint density at radius 3 is 2.26 bits per heavy atom. The first kappa shape index (κ1) is 36.3. The molecule has 0 spiro atoms. The number of amides is 2. The lowest BCUT2D eigenvalue weighted by molar-refractivity contribution is -0.143. The number of hydrogen-bond donors (Lipinski definition) is 1. The van der Waals surface area contributed by atoms with Crippen LogP contribution in [-0.4, -0.2) is 96.0 Å². The van der Waals surface area contributed by atoms with Gasteiger partial charge < -0.3 is 24.4 Å². The Labute approximate surface area is 291 Å². The van der Waals surface area contributed by atoms with Crippen molar-refractivity contribution in [2.75, 3.05) is 58.4 Å². The number of carbonyl (C=O) groups is 2. The van der Waals surface area contributed by atoms with Gasteiger partial charge in [0.2, 0.25) is 11.8 Å². The van der Waals surface area contributed by atoms with E-state index in [-0.39, 0.29) is 18.9 Å². The molecule has 0 unspecified atom stereocenters. The average molecular weight is 689 g/mol. The number of nitrogens with zero attached hydrogens (tertiary/aromatic N) is 5. The zero-order chi connectivity index (χ0) is 35.5. The summed E-state index contributed by atoms with van der Waals surface area (Å²) in [7, 11) is 3.70. The van der Waals surface area contributed by atoms with Gasteiger partial charge >= 0.3 is 6.18 Å². The molecule has 2 amide bonds. The zero-order valence-electron chi connectivity index (χ0n) is 28.4. The highest BCUT2D eigenvalue weighted by atomic mass is 19.4. The van der Waals surface area contributed by atoms with Crippen LogP contribution in [0.2, 0.25) is 0 Å². The summed E-state index contributed by atoms with van der Waals surface area (Å²) in [5.41, 5.74) is 3.40. The summed E-state index contributed by atoms with van der Waals surface area (Å²) < 4.78 is 44.9. The van der Waals surface area contributed by atoms with Crippen LogP contribution in [0.1, 0.15) is 27.9 Å². The molecule has 9 nitrogen and oxygen atoms in total. The first-order valence-electron chi connectivity index (χ1n) is 16.6. The van der Waals surface area contributed by atoms with Crippen molar-refractivity contribution >= 4 is 23.6 Å². The van der Waals surface area contributed by atoms with Crippen LogP contribution >= 0.6 is 0 Å². The van der Waals surface area contributed by atoms with Crippen molar-refractivity contribution in [1.82, 2.24) is 24.7 Å². The maximum Gasteiger partial charge on any atom is 0.416 e. The number of nitrogens with one attached hydrogen (secondary N) is 1. The Morgan fingerprint density at radius 1 is 0.920 bits per heavy atom. The van der Waals surface area contributed by atoms with E-state index in [1.807, 2.05) is 61.6 Å². The number of aromatic nitrogens is 2. The molecule has 1 saturated heterocycles. The van der Waals surface area contributed by atoms with Gasteiger partial charge in [-0.05, 0) is 54.1 Å². The maximum atomic E-state index is 14.3. The van der Waals surface area contributed by atoms with Gasteiger partial charge in [0.05, 0.1) is 25.1 Å². The second-order valence-corrected chi connectivity index (χ2v) is 12.5. The van der Waals surface area contributed by atoms with Gasteiger partial charge in [-0.2, -0.15) is 13.2 Å². The van der Waals surface area contributed by atoms with Crippen molar-refractivity contribution < 1.29 is 27.5 Å². The summed E-state index contributed by atoms with van der Waals surface area (Å²) in [5.74, 6) is -0.647. The molecule has 0 radical (unpaired) electrons. The van der Waals surface area contributed by atoms with Gasteiger partial charge in [0.1, 0.15) is 6.04 Å². The van der Waals surface area contributed by atoms with Crippen molar-refractivity contribution in [3.05, 3.63) is 125 Å². The maximum absolute atomic E-state index is 14.3. The largest absolute Gasteiger partial charge is 0.416 e. The average Bonchev–Trinajstić information content (AvgIpc) is 3.64. The number of rotatable bonds is 14. The minimum absolute atomic E-state index is 0.149. The molecule has 0 bridgehead atoms. The van der Waals surface area contributed by atoms with E-state index in [1.54, 1.807) is 29.4 Å². The van der Waals surface area contributed by atoms with Crippen molar-refractivity contribution in [3.63, 3.8) is 0 Å². The van der Waals surface area contributed by atoms with Crippen LogP contribution in [0.25, 0.3) is 6.08 Å². The molecule has 4 aromatic rings. The van der Waals surface area contributed by atoms with Gasteiger partial charge in [0, 0.05) is 76.4 Å². The quantitative estimate of drug-likeness (QED) is 0.176. The number of morpholine rings is 1. The number of carbonyl (C=O) groups excluding carboxylic acids is 2. The summed E-state index contributed by atoms with van der Waals surface area (Å²) in [4.78, 5) is 43.1. The number of hydrogen-bond acceptors (Lipinski definition) is 6. The van der Waals surface area contributed by atoms with Gasteiger partial charge in [0.15, 0.2) is 0 Å². The van der Waals surface area contributed by atoms with Gasteiger partial charge in [-0.1, -0.05) is 54.6 Å². The number of likely N-dealkylation sites (N-methyl/N-ethyl adjacent to an activating group) is 2. The monoisotopic (exact) mass is 688 g/mol. The summed E-state index contributed by atoms with van der Waals surface area (Å²) in [5, 5.41) is 0. The van der Waals surface area contributed by atoms with E-state index in [9.17, 15) is 22.8 Å². The molecule has 50 heavy (non-hydrogen) atoms. The first-order valence-corrected chi connectivity index (χ1v) is 16.6. The van der Waals surface area contributed by atoms with E-state index in [0.29, 0.717) is 38.4 Å². The van der Waals surface area contributed by atoms with Crippen LogP contribution in [0.3, 0.4) is 0 Å². The molecule has 1 fully saturated rings. The Hall–Kier alpha value is -4.94. The molecular formula is C38H43F3N6O3. The lowest BCUT2D eigenvalue weighted by Crippen LogP contribution is -2.51. The second-order valence-electron chi connectivity index (χ2n) is 12.5. The Bertz CT molecular complexity index is 1670. The fourth-order valence-corrected chi connectivity index (χ4v) is 5.81. The van der Waals surface area contributed by atoms with Crippen LogP contribution in [0, 0.1) is 0 Å². The number of alkyl halides is 3. The van der Waals surface area contributed by atoms with Crippen LogP contribution in [0.5, 0.6) is 0 Å². The third-order valence-corrected chi connectivity index (χ3v) is 8.73. The fourth-order valence-electron chi connectivity index (χ4n) is 5.81. The predicted octanol–water partition coefficient (Wildman–Crippen LogP) is 5.51. The smallest absolute Gasteiger partial charge is 0.378 e. The lowest BCUT2D eigenvalue weighted by atomic mass is 10.0. The zero-order valence-corrected chi connectivity index (χ0v) is 28.4. The standard InChI is InChI=1S/C38H43F3N6O3/c1-44(27-33-25-42-28-43-33)18-19-45(2)37(49)35(24-30-6-4-3-5-7-30)47(26-31-10-15-34(16-11-31)46-20-22-50-23-21-46)36(48)17-12-29-8-13-32(14-9-29)38(39,40)41/h3-17,25,28,35H,18-24,26-27H2,1-2H3,(H,42,43)/t35-/m0/s1. The van der Waals surface area contributed by atoms with Gasteiger partial charge in [-0.15, -0.1) is 0 Å². The van der Waals surface area contributed by atoms with E-state index in [4.69, 9.17) is 4.74 Å². The second kappa shape index (κ2) is 17.1. The minimum atomic E-state index is -4.46. The highest BCUT2D eigenvalue weighted by molar-refractivity contribution is 5.95. The molecule has 1 aliphatic heterocycles. The van der Waals surface area contributed by atoms with E-state index in [0.717, 1.165) is 47.7 Å². The highest BCUT2D eigenvalue weighted by Gasteiger charge is 2.32. The van der Waals surface area contributed by atoms with Crippen LogP contribution in [-0.2, 0) is 40.0 Å². The molecule has 2 heterocycles. The third-order valence-electron chi connectivity index (χ3n) is 8.73. The van der Waals surface area contributed by atoms with Crippen molar-refractivity contribution in [2.24, 2.45) is 0 Å². The van der Waals surface area contributed by atoms with Gasteiger partial charge in [0.25, 0.3) is 0 Å². The molecule has 1 N–H and O–H groups in total. The molecule has 1 aromatic heterocycles. The van der Waals surface area contributed by atoms with Crippen molar-refractivity contribution in [1.29, 1.82) is 0 Å². The molecule has 12 heteroatoms. The Kier molecular flexibility index (Phi) is 12.5. The Morgan fingerprint density at radius 2 is 1.62 bits per heavy atom. The number of halogens is 3. The minimum Gasteiger partial charge on any atom is -0.378 e. The van der Waals surface area contributed by atoms with E-state index >= 15 is 0 Å². The fraction of sp³-hybridized carbons (Fsp3) is 0.342. The van der Waals surface area contributed by atoms with E-state index in [2.05, 4.69) is 19.8 Å². The van der Waals surface area contributed by atoms with Crippen LogP contribution in [0.4, 0.5) is 18.9 Å². The summed E-state index contributed by atoms with van der Waals surface area (Å²) in [6.07, 6.45) is 2.01. The molecule has 5 rings (SSSR count). The number of anilines is 1. The van der Waals surface area contributed by atoms with E-state index < -0.39 is 23.7 Å². The van der Waals surface area contributed by atoms with Crippen molar-refractivity contribution in [3.8, 4) is 0 Å². The topological polar surface area (TPSA) is 85.0 Å². The molecule has 3 aromatic carbocycles. The normalized spacial score (nSPS) is 14.2. The molecule has 0 saturated carbocycles. The summed E-state index contributed by atoms with van der Waals surface area (Å²) in [6, 6.07) is 21.2. The molecule has 264 valence electrons. The number of imidazole rings is 1. The number of ether oxygens (including phenoxy) is 1. The van der Waals surface area contributed by atoms with Crippen LogP contribution in [0.15, 0.2) is 97.5 Å². The number of benzene rings is 3. The van der Waals surface area contributed by atoms with E-state index in [1.165, 1.54) is 24.3 Å². The van der Waals surface area contributed by atoms with Gasteiger partial charge in [-0.25, -0.2) is 4.98 Å². The Balaban J connectivity index is 1.41. The van der Waals surface area contributed by atoms with Gasteiger partial charge in [-0.3, -0.25) is 14.5 Å². The molecule has 0 aliphatic carbocycles. The molecular weight excluding hydrogens is 645 g/mol. The summed E-state index contributed by atoms with van der Waals surface area (Å²) in [6.45, 7) is 4.68.